The minimum Gasteiger partial charge on any atom is -0.456 e. The first-order valence-electron chi connectivity index (χ1n) is 13.5. The first kappa shape index (κ1) is 21.0. The summed E-state index contributed by atoms with van der Waals surface area (Å²) in [5.74, 6) is 0. The summed E-state index contributed by atoms with van der Waals surface area (Å²) < 4.78 is 15.3. The van der Waals surface area contributed by atoms with Crippen molar-refractivity contribution < 1.29 is 8.83 Å². The molecular formula is C36H23NO2. The van der Waals surface area contributed by atoms with Crippen LogP contribution in [0, 0.1) is 0 Å². The largest absolute Gasteiger partial charge is 0.456 e. The van der Waals surface area contributed by atoms with Gasteiger partial charge in [0.2, 0.25) is 0 Å². The molecule has 0 spiro atoms. The van der Waals surface area contributed by atoms with Gasteiger partial charge in [-0.05, 0) is 60.4 Å². The van der Waals surface area contributed by atoms with E-state index in [0.29, 0.717) is 0 Å². The van der Waals surface area contributed by atoms with E-state index in [1.165, 1.54) is 22.2 Å². The maximum atomic E-state index is 6.71. The number of allylic oxidation sites excluding steroid dienone is 1. The third-order valence-electron chi connectivity index (χ3n) is 8.29. The molecule has 184 valence electrons. The van der Waals surface area contributed by atoms with Crippen molar-refractivity contribution in [1.29, 1.82) is 0 Å². The van der Waals surface area contributed by atoms with E-state index in [2.05, 4.69) is 102 Å². The number of benzene rings is 5. The fourth-order valence-corrected chi connectivity index (χ4v) is 6.60. The van der Waals surface area contributed by atoms with Crippen molar-refractivity contribution >= 4 is 60.9 Å². The highest BCUT2D eigenvalue weighted by Crippen LogP contribution is 2.42. The Labute approximate surface area is 224 Å². The second-order valence-electron chi connectivity index (χ2n) is 10.4. The van der Waals surface area contributed by atoms with Gasteiger partial charge in [0.15, 0.2) is 0 Å². The van der Waals surface area contributed by atoms with Crippen LogP contribution in [0.1, 0.15) is 17.7 Å². The van der Waals surface area contributed by atoms with Gasteiger partial charge in [-0.1, -0.05) is 72.8 Å². The van der Waals surface area contributed by atoms with Crippen molar-refractivity contribution in [2.24, 2.45) is 0 Å². The van der Waals surface area contributed by atoms with E-state index in [1.54, 1.807) is 0 Å². The third-order valence-corrected chi connectivity index (χ3v) is 8.29. The Morgan fingerprint density at radius 1 is 0.590 bits per heavy atom. The molecule has 0 N–H and O–H groups in total. The van der Waals surface area contributed by atoms with Crippen LogP contribution in [0.15, 0.2) is 118 Å². The summed E-state index contributed by atoms with van der Waals surface area (Å²) in [5, 5.41) is 5.83. The molecule has 0 aliphatic heterocycles. The number of para-hydroxylation sites is 3. The van der Waals surface area contributed by atoms with Crippen molar-refractivity contribution in [1.82, 2.24) is 4.57 Å². The maximum Gasteiger partial charge on any atom is 0.143 e. The van der Waals surface area contributed by atoms with E-state index in [9.17, 15) is 0 Å². The number of hydrogen-bond acceptors (Lipinski definition) is 2. The second kappa shape index (κ2) is 7.75. The number of nitrogens with zero attached hydrogens (tertiary/aromatic N) is 1. The summed E-state index contributed by atoms with van der Waals surface area (Å²) in [5.41, 5.74) is 10.9. The summed E-state index contributed by atoms with van der Waals surface area (Å²) in [4.78, 5) is 0. The minimum atomic E-state index is 0.890. The Morgan fingerprint density at radius 3 is 2.36 bits per heavy atom. The van der Waals surface area contributed by atoms with Crippen LogP contribution in [0.2, 0.25) is 0 Å². The fraction of sp³-hybridized carbons (Fsp3) is 0.0556. The molecule has 0 saturated heterocycles. The van der Waals surface area contributed by atoms with Crippen molar-refractivity contribution in [2.45, 2.75) is 12.8 Å². The lowest BCUT2D eigenvalue weighted by atomic mass is 9.97. The Hall–Kier alpha value is -5.02. The van der Waals surface area contributed by atoms with Crippen LogP contribution in [0.5, 0.6) is 0 Å². The monoisotopic (exact) mass is 501 g/mol. The molecule has 5 aromatic carbocycles. The molecule has 3 heteroatoms. The van der Waals surface area contributed by atoms with Crippen LogP contribution in [0.25, 0.3) is 77.7 Å². The number of rotatable bonds is 2. The molecule has 0 saturated carbocycles. The van der Waals surface area contributed by atoms with E-state index in [0.717, 1.165) is 73.5 Å². The summed E-state index contributed by atoms with van der Waals surface area (Å²) >= 11 is 0. The lowest BCUT2D eigenvalue weighted by Gasteiger charge is -2.12. The molecule has 0 atom stereocenters. The maximum absolute atomic E-state index is 6.71. The number of aryl methyl sites for hydroxylation is 1. The molecule has 0 radical (unpaired) electrons. The van der Waals surface area contributed by atoms with E-state index in [4.69, 9.17) is 8.83 Å². The molecule has 0 amide bonds. The molecule has 3 nitrogen and oxygen atoms in total. The topological polar surface area (TPSA) is 31.2 Å². The van der Waals surface area contributed by atoms with Crippen LogP contribution < -0.4 is 0 Å². The quantitative estimate of drug-likeness (QED) is 0.236. The lowest BCUT2D eigenvalue weighted by molar-refractivity contribution is 0.668. The average molecular weight is 502 g/mol. The van der Waals surface area contributed by atoms with Crippen molar-refractivity contribution in [3.8, 4) is 16.8 Å². The molecule has 0 fully saturated rings. The Morgan fingerprint density at radius 2 is 1.38 bits per heavy atom. The van der Waals surface area contributed by atoms with Crippen molar-refractivity contribution in [3.63, 3.8) is 0 Å². The molecule has 0 bridgehead atoms. The molecule has 3 heterocycles. The molecule has 1 aliphatic carbocycles. The van der Waals surface area contributed by atoms with Gasteiger partial charge in [-0.15, -0.1) is 0 Å². The highest BCUT2D eigenvalue weighted by atomic mass is 16.3. The van der Waals surface area contributed by atoms with Crippen LogP contribution in [-0.2, 0) is 6.42 Å². The number of furan rings is 2. The van der Waals surface area contributed by atoms with Gasteiger partial charge in [-0.2, -0.15) is 0 Å². The molecule has 1 aliphatic rings. The average Bonchev–Trinajstić information content (AvgIpc) is 3.66. The molecule has 9 rings (SSSR count). The van der Waals surface area contributed by atoms with Gasteiger partial charge in [-0.3, -0.25) is 0 Å². The van der Waals surface area contributed by atoms with Crippen LogP contribution >= 0.6 is 0 Å². The van der Waals surface area contributed by atoms with E-state index < -0.39 is 0 Å². The van der Waals surface area contributed by atoms with Gasteiger partial charge in [0, 0.05) is 49.9 Å². The molecule has 39 heavy (non-hydrogen) atoms. The predicted octanol–water partition coefficient (Wildman–Crippen LogP) is 10.1. The lowest BCUT2D eigenvalue weighted by Crippen LogP contribution is -2.00. The van der Waals surface area contributed by atoms with Crippen LogP contribution in [-0.4, -0.2) is 4.57 Å². The first-order valence-corrected chi connectivity index (χ1v) is 13.5. The van der Waals surface area contributed by atoms with Gasteiger partial charge in [0.1, 0.15) is 22.3 Å². The van der Waals surface area contributed by atoms with Gasteiger partial charge in [0.05, 0.1) is 5.52 Å². The fourth-order valence-electron chi connectivity index (χ4n) is 6.60. The molecular weight excluding hydrogens is 478 g/mol. The van der Waals surface area contributed by atoms with Crippen molar-refractivity contribution in [2.75, 3.05) is 0 Å². The van der Waals surface area contributed by atoms with E-state index in [1.807, 2.05) is 18.2 Å². The Balaban J connectivity index is 1.30. The summed E-state index contributed by atoms with van der Waals surface area (Å²) in [6.07, 6.45) is 6.72. The van der Waals surface area contributed by atoms with Gasteiger partial charge in [0.25, 0.3) is 0 Å². The van der Waals surface area contributed by atoms with E-state index in [-0.39, 0.29) is 0 Å². The van der Waals surface area contributed by atoms with Crippen LogP contribution in [0.4, 0.5) is 0 Å². The molecule has 3 aromatic heterocycles. The second-order valence-corrected chi connectivity index (χ2v) is 10.4. The van der Waals surface area contributed by atoms with E-state index >= 15 is 0 Å². The molecule has 8 aromatic rings. The molecule has 0 unspecified atom stereocenters. The SMILES string of the molecule is C1=Cc2c(c3ccccc3n2-c2ccc3c(c2)oc2c(-c4cccc5oc6ccccc6c45)cccc23)CC1. The normalized spacial score (nSPS) is 13.3. The standard InChI is InChI=1S/C36H23NO2/c1-4-15-30-23(9-1)24-10-2-5-16-31(24)37(30)22-19-20-25-27-13-7-14-28(36(27)39-34(25)21-22)26-12-8-18-33-35(26)29-11-3-6-17-32(29)38-33/h1,3-9,11-21H,2,10H2. The smallest absolute Gasteiger partial charge is 0.143 e. The van der Waals surface area contributed by atoms with Crippen LogP contribution in [0.3, 0.4) is 0 Å². The van der Waals surface area contributed by atoms with Crippen molar-refractivity contribution in [3.05, 3.63) is 120 Å². The number of fused-ring (bicyclic) bond motifs is 9. The van der Waals surface area contributed by atoms with Gasteiger partial charge >= 0.3 is 0 Å². The van der Waals surface area contributed by atoms with Gasteiger partial charge in [-0.25, -0.2) is 0 Å². The summed E-state index contributed by atoms with van der Waals surface area (Å²) in [6, 6.07) is 36.3. The number of hydrogen-bond donors (Lipinski definition) is 0. The third kappa shape index (κ3) is 2.87. The highest BCUT2D eigenvalue weighted by molar-refractivity contribution is 6.17. The van der Waals surface area contributed by atoms with Gasteiger partial charge < -0.3 is 13.4 Å². The predicted molar refractivity (Wildman–Crippen MR) is 161 cm³/mol. The summed E-state index contributed by atoms with van der Waals surface area (Å²) in [7, 11) is 0. The minimum absolute atomic E-state index is 0.890. The zero-order valence-corrected chi connectivity index (χ0v) is 21.1. The highest BCUT2D eigenvalue weighted by Gasteiger charge is 2.20. The zero-order chi connectivity index (χ0) is 25.5. The Kier molecular flexibility index (Phi) is 4.17. The Bertz CT molecular complexity index is 2290. The number of aromatic nitrogens is 1. The first-order chi connectivity index (χ1) is 19.3. The summed E-state index contributed by atoms with van der Waals surface area (Å²) in [6.45, 7) is 0. The zero-order valence-electron chi connectivity index (χ0n) is 21.1.